The van der Waals surface area contributed by atoms with Crippen LogP contribution in [0.4, 0.5) is 15.5 Å². The first kappa shape index (κ1) is 16.7. The highest BCUT2D eigenvalue weighted by atomic mass is 32.1. The van der Waals surface area contributed by atoms with Gasteiger partial charge in [-0.1, -0.05) is 0 Å². The van der Waals surface area contributed by atoms with Gasteiger partial charge in [0.15, 0.2) is 5.82 Å². The van der Waals surface area contributed by atoms with Crippen molar-refractivity contribution in [2.75, 3.05) is 10.6 Å². The normalized spacial score (nSPS) is 10.4. The second-order valence-electron chi connectivity index (χ2n) is 5.35. The molecule has 3 aromatic heterocycles. The van der Waals surface area contributed by atoms with Crippen LogP contribution in [0.1, 0.15) is 0 Å². The van der Waals surface area contributed by atoms with Crippen LogP contribution >= 0.6 is 11.3 Å². The number of hydrogen-bond donors (Lipinski definition) is 2. The third-order valence-electron chi connectivity index (χ3n) is 3.46. The highest BCUT2D eigenvalue weighted by Gasteiger charge is 2.06. The number of ether oxygens (including phenoxy) is 1. The first-order valence-electron chi connectivity index (χ1n) is 7.98. The number of thiophene rings is 1. The molecule has 0 aliphatic carbocycles. The fourth-order valence-corrected chi connectivity index (χ4v) is 2.88. The van der Waals surface area contributed by atoms with Crippen LogP contribution in [-0.4, -0.2) is 25.8 Å². The number of hydrogen-bond acceptors (Lipinski definition) is 6. The summed E-state index contributed by atoms with van der Waals surface area (Å²) in [5.41, 5.74) is 0.649. The Bertz CT molecular complexity index is 1020. The number of amides is 2. The zero-order valence-electron chi connectivity index (χ0n) is 13.9. The Morgan fingerprint density at radius 1 is 1.07 bits per heavy atom. The van der Waals surface area contributed by atoms with Crippen molar-refractivity contribution >= 4 is 28.1 Å². The standard InChI is InChI=1S/C18H14N6O2S/c25-18(23-17-3-1-10-27-17)22-13-4-6-14(7-5-13)26-16-11-15(19-12-20-16)24-9-2-8-21-24/h1-12H,(H2,22,23,25). The van der Waals surface area contributed by atoms with Gasteiger partial charge in [-0.05, 0) is 47.8 Å². The summed E-state index contributed by atoms with van der Waals surface area (Å²) in [6.45, 7) is 0. The van der Waals surface area contributed by atoms with E-state index in [2.05, 4.69) is 25.7 Å². The van der Waals surface area contributed by atoms with Gasteiger partial charge in [0.25, 0.3) is 0 Å². The third-order valence-corrected chi connectivity index (χ3v) is 4.24. The van der Waals surface area contributed by atoms with Crippen LogP contribution in [-0.2, 0) is 0 Å². The van der Waals surface area contributed by atoms with E-state index in [1.54, 1.807) is 47.4 Å². The second-order valence-corrected chi connectivity index (χ2v) is 6.30. The van der Waals surface area contributed by atoms with Crippen LogP contribution in [0.5, 0.6) is 11.6 Å². The minimum atomic E-state index is -0.300. The Morgan fingerprint density at radius 3 is 2.70 bits per heavy atom. The van der Waals surface area contributed by atoms with Crippen molar-refractivity contribution in [3.63, 3.8) is 0 Å². The Hall–Kier alpha value is -3.72. The number of carbonyl (C=O) groups is 1. The van der Waals surface area contributed by atoms with E-state index in [-0.39, 0.29) is 6.03 Å². The largest absolute Gasteiger partial charge is 0.439 e. The van der Waals surface area contributed by atoms with E-state index in [1.807, 2.05) is 23.6 Å². The van der Waals surface area contributed by atoms with Gasteiger partial charge in [-0.3, -0.25) is 5.32 Å². The van der Waals surface area contributed by atoms with Crippen molar-refractivity contribution in [3.05, 3.63) is 72.6 Å². The lowest BCUT2D eigenvalue weighted by molar-refractivity contribution is 0.262. The molecule has 134 valence electrons. The Kier molecular flexibility index (Phi) is 4.75. The molecule has 2 amide bonds. The third kappa shape index (κ3) is 4.28. The number of urea groups is 1. The molecule has 27 heavy (non-hydrogen) atoms. The van der Waals surface area contributed by atoms with Gasteiger partial charge in [0, 0.05) is 24.1 Å². The van der Waals surface area contributed by atoms with Crippen LogP contribution < -0.4 is 15.4 Å². The number of carbonyl (C=O) groups excluding carboxylic acids is 1. The van der Waals surface area contributed by atoms with E-state index in [0.29, 0.717) is 23.1 Å². The topological polar surface area (TPSA) is 94.0 Å². The molecule has 0 spiro atoms. The lowest BCUT2D eigenvalue weighted by Gasteiger charge is -2.08. The van der Waals surface area contributed by atoms with Gasteiger partial charge in [0.05, 0.1) is 5.00 Å². The Labute approximate surface area is 158 Å². The average Bonchev–Trinajstić information content (AvgIpc) is 3.37. The predicted molar refractivity (Wildman–Crippen MR) is 103 cm³/mol. The highest BCUT2D eigenvalue weighted by Crippen LogP contribution is 2.22. The summed E-state index contributed by atoms with van der Waals surface area (Å²) in [6.07, 6.45) is 4.87. The molecule has 9 heteroatoms. The summed E-state index contributed by atoms with van der Waals surface area (Å²) in [4.78, 5) is 20.2. The Morgan fingerprint density at radius 2 is 1.96 bits per heavy atom. The van der Waals surface area contributed by atoms with Gasteiger partial charge in [0.1, 0.15) is 12.1 Å². The number of benzene rings is 1. The SMILES string of the molecule is O=C(Nc1ccc(Oc2cc(-n3cccn3)ncn2)cc1)Nc1cccs1. The number of nitrogens with zero attached hydrogens (tertiary/aromatic N) is 4. The monoisotopic (exact) mass is 378 g/mol. The summed E-state index contributed by atoms with van der Waals surface area (Å²) >= 11 is 1.46. The maximum absolute atomic E-state index is 11.9. The maximum Gasteiger partial charge on any atom is 0.324 e. The molecule has 0 atom stereocenters. The number of rotatable bonds is 5. The predicted octanol–water partition coefficient (Wildman–Crippen LogP) is 4.16. The zero-order valence-corrected chi connectivity index (χ0v) is 14.8. The van der Waals surface area contributed by atoms with Gasteiger partial charge in [0.2, 0.25) is 5.88 Å². The molecule has 0 aliphatic heterocycles. The minimum Gasteiger partial charge on any atom is -0.439 e. The van der Waals surface area contributed by atoms with E-state index in [9.17, 15) is 4.79 Å². The van der Waals surface area contributed by atoms with Crippen LogP contribution in [0.15, 0.2) is 72.6 Å². The molecule has 0 bridgehead atoms. The van der Waals surface area contributed by atoms with Gasteiger partial charge < -0.3 is 10.1 Å². The molecule has 8 nitrogen and oxygen atoms in total. The summed E-state index contributed by atoms with van der Waals surface area (Å²) in [7, 11) is 0. The molecule has 4 rings (SSSR count). The smallest absolute Gasteiger partial charge is 0.324 e. The fourth-order valence-electron chi connectivity index (χ4n) is 2.27. The molecule has 4 aromatic rings. The molecular weight excluding hydrogens is 364 g/mol. The molecule has 0 saturated heterocycles. The molecule has 0 radical (unpaired) electrons. The van der Waals surface area contributed by atoms with Crippen molar-refractivity contribution in [1.82, 2.24) is 19.7 Å². The minimum absolute atomic E-state index is 0.300. The van der Waals surface area contributed by atoms with Gasteiger partial charge >= 0.3 is 6.03 Å². The summed E-state index contributed by atoms with van der Waals surface area (Å²) in [5.74, 6) is 1.59. The van der Waals surface area contributed by atoms with Crippen LogP contribution in [0.2, 0.25) is 0 Å². The molecule has 0 aliphatic rings. The van der Waals surface area contributed by atoms with Crippen molar-refractivity contribution in [2.45, 2.75) is 0 Å². The summed E-state index contributed by atoms with van der Waals surface area (Å²) in [6, 6.07) is 13.9. The zero-order chi connectivity index (χ0) is 18.5. The van der Waals surface area contributed by atoms with Gasteiger partial charge in [-0.15, -0.1) is 11.3 Å². The molecule has 2 N–H and O–H groups in total. The van der Waals surface area contributed by atoms with Crippen molar-refractivity contribution < 1.29 is 9.53 Å². The summed E-state index contributed by atoms with van der Waals surface area (Å²) < 4.78 is 7.36. The second kappa shape index (κ2) is 7.67. The lowest BCUT2D eigenvalue weighted by atomic mass is 10.3. The number of aromatic nitrogens is 4. The van der Waals surface area contributed by atoms with Gasteiger partial charge in [-0.2, -0.15) is 5.10 Å². The average molecular weight is 378 g/mol. The first-order valence-corrected chi connectivity index (χ1v) is 8.86. The molecule has 3 heterocycles. The number of anilines is 2. The molecule has 0 saturated carbocycles. The van der Waals surface area contributed by atoms with Gasteiger partial charge in [-0.25, -0.2) is 19.4 Å². The van der Waals surface area contributed by atoms with Crippen molar-refractivity contribution in [1.29, 1.82) is 0 Å². The van der Waals surface area contributed by atoms with E-state index in [1.165, 1.54) is 17.7 Å². The van der Waals surface area contributed by atoms with E-state index >= 15 is 0 Å². The van der Waals surface area contributed by atoms with E-state index < -0.39 is 0 Å². The molecule has 0 unspecified atom stereocenters. The number of nitrogens with one attached hydrogen (secondary N) is 2. The molecule has 0 fully saturated rings. The van der Waals surface area contributed by atoms with E-state index in [4.69, 9.17) is 4.74 Å². The summed E-state index contributed by atoms with van der Waals surface area (Å²) in [5, 5.41) is 12.3. The van der Waals surface area contributed by atoms with Crippen LogP contribution in [0.25, 0.3) is 5.82 Å². The van der Waals surface area contributed by atoms with Crippen molar-refractivity contribution in [3.8, 4) is 17.4 Å². The van der Waals surface area contributed by atoms with Crippen LogP contribution in [0.3, 0.4) is 0 Å². The fraction of sp³-hybridized carbons (Fsp3) is 0. The molecule has 1 aromatic carbocycles. The maximum atomic E-state index is 11.9. The van der Waals surface area contributed by atoms with Crippen LogP contribution in [0, 0.1) is 0 Å². The quantitative estimate of drug-likeness (QED) is 0.544. The van der Waals surface area contributed by atoms with E-state index in [0.717, 1.165) is 5.00 Å². The first-order chi connectivity index (χ1) is 13.3. The lowest BCUT2D eigenvalue weighted by Crippen LogP contribution is -2.18. The highest BCUT2D eigenvalue weighted by molar-refractivity contribution is 7.14. The van der Waals surface area contributed by atoms with Crippen molar-refractivity contribution in [2.24, 2.45) is 0 Å². The Balaban J connectivity index is 1.39. The molecular formula is C18H14N6O2S.